The highest BCUT2D eigenvalue weighted by atomic mass is 32.2. The number of carbonyl (C=O) groups excluding carboxylic acids is 1. The summed E-state index contributed by atoms with van der Waals surface area (Å²) in [6.07, 6.45) is 1.33. The van der Waals surface area contributed by atoms with E-state index in [0.29, 0.717) is 21.2 Å². The van der Waals surface area contributed by atoms with Crippen LogP contribution in [0.5, 0.6) is 5.75 Å². The van der Waals surface area contributed by atoms with E-state index in [1.807, 2.05) is 19.1 Å². The second-order valence-electron chi connectivity index (χ2n) is 7.02. The smallest absolute Gasteiger partial charge is 0.282 e. The van der Waals surface area contributed by atoms with Crippen LogP contribution in [0, 0.1) is 25.2 Å². The predicted molar refractivity (Wildman–Crippen MR) is 124 cm³/mol. The van der Waals surface area contributed by atoms with Gasteiger partial charge in [0.1, 0.15) is 17.4 Å². The Kier molecular flexibility index (Phi) is 6.76. The van der Waals surface area contributed by atoms with Crippen molar-refractivity contribution >= 4 is 27.7 Å². The van der Waals surface area contributed by atoms with Crippen molar-refractivity contribution in [3.63, 3.8) is 0 Å². The number of rotatable bonds is 6. The van der Waals surface area contributed by atoms with E-state index >= 15 is 0 Å². The van der Waals surface area contributed by atoms with Crippen LogP contribution in [0.4, 0.5) is 5.69 Å². The van der Waals surface area contributed by atoms with E-state index < -0.39 is 15.9 Å². The predicted octanol–water partition coefficient (Wildman–Crippen LogP) is 4.64. The third-order valence-corrected chi connectivity index (χ3v) is 6.76. The lowest BCUT2D eigenvalue weighted by Crippen LogP contribution is -2.38. The Balaban J connectivity index is 2.23. The molecule has 7 heteroatoms. The Morgan fingerprint density at radius 2 is 1.62 bits per heavy atom. The third-order valence-electron chi connectivity index (χ3n) is 5.05. The Hall–Kier alpha value is -3.89. The van der Waals surface area contributed by atoms with Crippen molar-refractivity contribution in [3.8, 4) is 11.8 Å². The number of anilines is 1. The summed E-state index contributed by atoms with van der Waals surface area (Å²) in [5, 5.41) is 9.78. The normalized spacial score (nSPS) is 11.5. The highest BCUT2D eigenvalue weighted by Crippen LogP contribution is 2.31. The zero-order valence-electron chi connectivity index (χ0n) is 17.9. The summed E-state index contributed by atoms with van der Waals surface area (Å²) in [6, 6.07) is 21.4. The van der Waals surface area contributed by atoms with Crippen molar-refractivity contribution in [2.75, 3.05) is 11.4 Å². The second kappa shape index (κ2) is 9.50. The maximum atomic E-state index is 13.6. The molecule has 32 heavy (non-hydrogen) atoms. The van der Waals surface area contributed by atoms with Gasteiger partial charge in [0.2, 0.25) is 0 Å². The zero-order chi connectivity index (χ0) is 23.3. The molecule has 3 aromatic carbocycles. The molecule has 0 heterocycles. The average molecular weight is 447 g/mol. The van der Waals surface area contributed by atoms with Crippen LogP contribution in [-0.2, 0) is 14.8 Å². The van der Waals surface area contributed by atoms with Crippen molar-refractivity contribution in [2.24, 2.45) is 0 Å². The standard InChI is InChI=1S/C25H22N2O4S/c1-18-10-9-14-23(19(18)2)27(32(29,30)22-12-5-4-6-13-22)25(28)21(17-26)16-20-11-7-8-15-24(20)31-3/h4-16H,1-3H3/b21-16+. The molecule has 0 radical (unpaired) electrons. The maximum absolute atomic E-state index is 13.6. The molecule has 0 aliphatic heterocycles. The van der Waals surface area contributed by atoms with Crippen molar-refractivity contribution in [1.82, 2.24) is 0 Å². The van der Waals surface area contributed by atoms with Gasteiger partial charge in [-0.3, -0.25) is 4.79 Å². The fraction of sp³-hybridized carbons (Fsp3) is 0.120. The first kappa shape index (κ1) is 22.8. The molecule has 0 aliphatic carbocycles. The number of aryl methyl sites for hydroxylation is 1. The molecule has 0 aliphatic rings. The third kappa shape index (κ3) is 4.41. The molecular formula is C25H22N2O4S. The maximum Gasteiger partial charge on any atom is 0.282 e. The second-order valence-corrected chi connectivity index (χ2v) is 8.81. The molecule has 0 saturated carbocycles. The SMILES string of the molecule is COc1ccccc1/C=C(\C#N)C(=O)N(c1cccc(C)c1C)S(=O)(=O)c1ccccc1. The van der Waals surface area contributed by atoms with E-state index in [1.165, 1.54) is 25.3 Å². The average Bonchev–Trinajstić information content (AvgIpc) is 2.81. The first-order chi connectivity index (χ1) is 15.3. The number of nitrogens with zero attached hydrogens (tertiary/aromatic N) is 2. The molecule has 0 spiro atoms. The Labute approximate surface area is 188 Å². The highest BCUT2D eigenvalue weighted by molar-refractivity contribution is 7.93. The van der Waals surface area contributed by atoms with Crippen molar-refractivity contribution in [3.05, 3.63) is 95.1 Å². The van der Waals surface area contributed by atoms with E-state index in [9.17, 15) is 18.5 Å². The van der Waals surface area contributed by atoms with Gasteiger partial charge < -0.3 is 4.74 Å². The fourth-order valence-corrected chi connectivity index (χ4v) is 4.68. The Morgan fingerprint density at radius 1 is 0.969 bits per heavy atom. The summed E-state index contributed by atoms with van der Waals surface area (Å²) >= 11 is 0. The number of hydrogen-bond donors (Lipinski definition) is 0. The van der Waals surface area contributed by atoms with E-state index in [4.69, 9.17) is 4.74 Å². The molecule has 162 valence electrons. The van der Waals surface area contributed by atoms with Gasteiger partial charge in [0.05, 0.1) is 17.7 Å². The quantitative estimate of drug-likeness (QED) is 0.407. The number of carbonyl (C=O) groups is 1. The summed E-state index contributed by atoms with van der Waals surface area (Å²) in [4.78, 5) is 13.5. The van der Waals surface area contributed by atoms with Gasteiger partial charge in [0, 0.05) is 5.56 Å². The summed E-state index contributed by atoms with van der Waals surface area (Å²) in [5.74, 6) is -0.492. The van der Waals surface area contributed by atoms with Crippen LogP contribution >= 0.6 is 0 Å². The van der Waals surface area contributed by atoms with Crippen molar-refractivity contribution in [1.29, 1.82) is 5.26 Å². The lowest BCUT2D eigenvalue weighted by atomic mass is 10.1. The summed E-state index contributed by atoms with van der Waals surface area (Å²) < 4.78 is 33.1. The molecule has 0 N–H and O–H groups in total. The molecular weight excluding hydrogens is 424 g/mol. The van der Waals surface area contributed by atoms with E-state index in [2.05, 4.69) is 0 Å². The van der Waals surface area contributed by atoms with Gasteiger partial charge in [-0.25, -0.2) is 8.42 Å². The molecule has 0 aromatic heterocycles. The minimum atomic E-state index is -4.30. The topological polar surface area (TPSA) is 87.5 Å². The molecule has 0 bridgehead atoms. The van der Waals surface area contributed by atoms with Gasteiger partial charge in [-0.05, 0) is 55.3 Å². The summed E-state index contributed by atoms with van der Waals surface area (Å²) in [6.45, 7) is 3.56. The number of sulfonamides is 1. The monoisotopic (exact) mass is 446 g/mol. The van der Waals surface area contributed by atoms with Crippen molar-refractivity contribution in [2.45, 2.75) is 18.7 Å². The van der Waals surface area contributed by atoms with Crippen molar-refractivity contribution < 1.29 is 17.9 Å². The van der Waals surface area contributed by atoms with Crippen LogP contribution in [0.25, 0.3) is 6.08 Å². The lowest BCUT2D eigenvalue weighted by Gasteiger charge is -2.24. The molecule has 0 atom stereocenters. The molecule has 3 rings (SSSR count). The summed E-state index contributed by atoms with van der Waals surface area (Å²) in [7, 11) is -2.82. The van der Waals surface area contributed by atoms with Crippen LogP contribution in [0.3, 0.4) is 0 Å². The largest absolute Gasteiger partial charge is 0.496 e. The Morgan fingerprint density at radius 3 is 2.28 bits per heavy atom. The first-order valence-corrected chi connectivity index (χ1v) is 11.2. The van der Waals surface area contributed by atoms with Crippen LogP contribution in [0.15, 0.2) is 83.3 Å². The molecule has 0 fully saturated rings. The zero-order valence-corrected chi connectivity index (χ0v) is 18.8. The number of amides is 1. The number of methoxy groups -OCH3 is 1. The van der Waals surface area contributed by atoms with Crippen LogP contribution in [0.1, 0.15) is 16.7 Å². The highest BCUT2D eigenvalue weighted by Gasteiger charge is 2.34. The van der Waals surface area contributed by atoms with E-state index in [-0.39, 0.29) is 16.2 Å². The molecule has 3 aromatic rings. The van der Waals surface area contributed by atoms with Gasteiger partial charge in [0.15, 0.2) is 0 Å². The van der Waals surface area contributed by atoms with E-state index in [0.717, 1.165) is 5.56 Å². The Bertz CT molecular complexity index is 1320. The van der Waals surface area contributed by atoms with Gasteiger partial charge >= 0.3 is 0 Å². The minimum Gasteiger partial charge on any atom is -0.496 e. The van der Waals surface area contributed by atoms with Gasteiger partial charge in [-0.15, -0.1) is 0 Å². The molecule has 0 saturated heterocycles. The lowest BCUT2D eigenvalue weighted by molar-refractivity contribution is -0.113. The van der Waals surface area contributed by atoms with Crippen LogP contribution in [-0.4, -0.2) is 21.4 Å². The fourth-order valence-electron chi connectivity index (χ4n) is 3.19. The molecule has 6 nitrogen and oxygen atoms in total. The van der Waals surface area contributed by atoms with Gasteiger partial charge in [0.25, 0.3) is 15.9 Å². The van der Waals surface area contributed by atoms with Gasteiger partial charge in [-0.2, -0.15) is 9.57 Å². The first-order valence-electron chi connectivity index (χ1n) is 9.77. The van der Waals surface area contributed by atoms with Crippen LogP contribution < -0.4 is 9.04 Å². The van der Waals surface area contributed by atoms with Gasteiger partial charge in [-0.1, -0.05) is 48.5 Å². The number of ether oxygens (including phenoxy) is 1. The number of hydrogen-bond acceptors (Lipinski definition) is 5. The number of para-hydroxylation sites is 1. The molecule has 1 amide bonds. The van der Waals surface area contributed by atoms with Crippen LogP contribution in [0.2, 0.25) is 0 Å². The molecule has 0 unspecified atom stereocenters. The van der Waals surface area contributed by atoms with E-state index in [1.54, 1.807) is 61.5 Å². The number of nitriles is 1. The number of benzene rings is 3. The minimum absolute atomic E-state index is 0.0520. The summed E-state index contributed by atoms with van der Waals surface area (Å²) in [5.41, 5.74) is 1.78.